The van der Waals surface area contributed by atoms with Crippen LogP contribution in [0.3, 0.4) is 0 Å². The third-order valence-corrected chi connectivity index (χ3v) is 5.74. The maximum atomic E-state index is 13.1. The molecule has 1 aliphatic rings. The summed E-state index contributed by atoms with van der Waals surface area (Å²) < 4.78 is 5.24. The second-order valence-electron chi connectivity index (χ2n) is 7.98. The Morgan fingerprint density at radius 1 is 1.06 bits per heavy atom. The normalized spacial score (nSPS) is 14.4. The highest BCUT2D eigenvalue weighted by Crippen LogP contribution is 2.18. The molecule has 3 amide bonds. The van der Waals surface area contributed by atoms with Gasteiger partial charge in [0.1, 0.15) is 16.9 Å². The Kier molecular flexibility index (Phi) is 9.21. The van der Waals surface area contributed by atoms with E-state index in [-0.39, 0.29) is 22.8 Å². The van der Waals surface area contributed by atoms with Gasteiger partial charge in [0, 0.05) is 37.8 Å². The summed E-state index contributed by atoms with van der Waals surface area (Å²) >= 11 is 6.13. The van der Waals surface area contributed by atoms with Crippen LogP contribution in [0.15, 0.2) is 36.4 Å². The summed E-state index contributed by atoms with van der Waals surface area (Å²) in [6.07, 6.45) is 1.84. The molecule has 0 spiro atoms. The lowest BCUT2D eigenvalue weighted by Crippen LogP contribution is -2.55. The Bertz CT molecular complexity index is 996. The van der Waals surface area contributed by atoms with Crippen molar-refractivity contribution in [3.63, 3.8) is 0 Å². The van der Waals surface area contributed by atoms with Gasteiger partial charge in [0.15, 0.2) is 5.82 Å². The molecule has 1 aliphatic heterocycles. The number of halogens is 1. The van der Waals surface area contributed by atoms with E-state index in [4.69, 9.17) is 16.3 Å². The van der Waals surface area contributed by atoms with Crippen LogP contribution in [0, 0.1) is 0 Å². The first-order valence-corrected chi connectivity index (χ1v) is 11.9. The Hall–Kier alpha value is -3.20. The smallest absolute Gasteiger partial charge is 0.409 e. The number of carbonyl (C=O) groups is 3. The quantitative estimate of drug-likeness (QED) is 0.452. The van der Waals surface area contributed by atoms with Crippen LogP contribution < -0.4 is 5.32 Å². The Balaban J connectivity index is 1.60. The van der Waals surface area contributed by atoms with Crippen molar-refractivity contribution in [3.8, 4) is 11.4 Å². The number of nitrogens with zero attached hydrogens (tertiary/aromatic N) is 4. The maximum absolute atomic E-state index is 13.1. The van der Waals surface area contributed by atoms with Crippen LogP contribution in [0.4, 0.5) is 4.79 Å². The minimum atomic E-state index is -0.718. The van der Waals surface area contributed by atoms with Gasteiger partial charge < -0.3 is 19.9 Å². The third-order valence-electron chi connectivity index (χ3n) is 5.54. The Labute approximate surface area is 204 Å². The van der Waals surface area contributed by atoms with E-state index < -0.39 is 11.9 Å². The van der Waals surface area contributed by atoms with Gasteiger partial charge in [0.05, 0.1) is 6.61 Å². The number of aromatic nitrogens is 2. The van der Waals surface area contributed by atoms with Crippen molar-refractivity contribution in [1.82, 2.24) is 25.1 Å². The molecule has 1 saturated heterocycles. The molecular formula is C24H30ClN5O4. The minimum Gasteiger partial charge on any atom is -0.449 e. The van der Waals surface area contributed by atoms with E-state index in [0.717, 1.165) is 18.4 Å². The van der Waals surface area contributed by atoms with Gasteiger partial charge in [-0.2, -0.15) is 0 Å². The molecule has 1 aromatic carbocycles. The van der Waals surface area contributed by atoms with E-state index in [2.05, 4.69) is 15.3 Å². The zero-order chi connectivity index (χ0) is 24.5. The zero-order valence-corrected chi connectivity index (χ0v) is 20.3. The van der Waals surface area contributed by atoms with Crippen LogP contribution in [0.5, 0.6) is 0 Å². The number of hydrogen-bond donors (Lipinski definition) is 1. The first kappa shape index (κ1) is 25.4. The maximum Gasteiger partial charge on any atom is 0.409 e. The van der Waals surface area contributed by atoms with Gasteiger partial charge in [0.2, 0.25) is 5.91 Å². The largest absolute Gasteiger partial charge is 0.449 e. The topological polar surface area (TPSA) is 105 Å². The van der Waals surface area contributed by atoms with Crippen molar-refractivity contribution in [3.05, 3.63) is 47.2 Å². The van der Waals surface area contributed by atoms with Gasteiger partial charge in [-0.15, -0.1) is 0 Å². The summed E-state index contributed by atoms with van der Waals surface area (Å²) in [6, 6.07) is 9.86. The van der Waals surface area contributed by atoms with Crippen LogP contribution in [0.2, 0.25) is 5.15 Å². The number of unbranched alkanes of at least 4 members (excludes halogenated alkanes) is 1. The number of hydrogen-bond acceptors (Lipinski definition) is 6. The number of carbonyl (C=O) groups excluding carboxylic acids is 3. The van der Waals surface area contributed by atoms with Gasteiger partial charge in [-0.05, 0) is 12.8 Å². The second-order valence-corrected chi connectivity index (χ2v) is 8.37. The van der Waals surface area contributed by atoms with E-state index in [0.29, 0.717) is 45.0 Å². The van der Waals surface area contributed by atoms with E-state index in [9.17, 15) is 14.4 Å². The van der Waals surface area contributed by atoms with Crippen LogP contribution in [0.25, 0.3) is 11.4 Å². The predicted molar refractivity (Wildman–Crippen MR) is 128 cm³/mol. The second kappa shape index (κ2) is 12.3. The number of nitrogens with one attached hydrogen (secondary N) is 1. The lowest BCUT2D eigenvalue weighted by molar-refractivity contribution is -0.134. The molecule has 3 rings (SSSR count). The molecule has 0 unspecified atom stereocenters. The molecule has 1 fully saturated rings. The van der Waals surface area contributed by atoms with Crippen LogP contribution in [-0.4, -0.2) is 76.5 Å². The fourth-order valence-corrected chi connectivity index (χ4v) is 3.73. The fraction of sp³-hybridized carbons (Fsp3) is 0.458. The van der Waals surface area contributed by atoms with Crippen molar-refractivity contribution in [2.45, 2.75) is 39.2 Å². The highest BCUT2D eigenvalue weighted by atomic mass is 35.5. The van der Waals surface area contributed by atoms with E-state index in [1.165, 1.54) is 6.07 Å². The first-order chi connectivity index (χ1) is 16.4. The lowest BCUT2D eigenvalue weighted by atomic mass is 10.1. The van der Waals surface area contributed by atoms with Crippen molar-refractivity contribution >= 4 is 29.5 Å². The van der Waals surface area contributed by atoms with E-state index in [1.54, 1.807) is 9.80 Å². The number of amides is 3. The number of rotatable bonds is 8. The Morgan fingerprint density at radius 3 is 2.38 bits per heavy atom. The number of benzene rings is 1. The standard InChI is InChI=1S/C24H30ClN5O4/c1-3-5-15-34-24(33)30-13-11-29(12-14-30)23(32)18(4-2)27-22(31)19-16-20(25)28-21(26-19)17-9-7-6-8-10-17/h6-10,16,18H,3-5,11-15H2,1-2H3,(H,27,31)/t18-/m0/s1. The zero-order valence-electron chi connectivity index (χ0n) is 19.5. The molecule has 1 aromatic heterocycles. The Morgan fingerprint density at radius 2 is 1.74 bits per heavy atom. The van der Waals surface area contributed by atoms with Crippen LogP contribution >= 0.6 is 11.6 Å². The van der Waals surface area contributed by atoms with Crippen LogP contribution in [0.1, 0.15) is 43.6 Å². The molecule has 34 heavy (non-hydrogen) atoms. The van der Waals surface area contributed by atoms with Gasteiger partial charge in [-0.3, -0.25) is 9.59 Å². The number of piperazine rings is 1. The summed E-state index contributed by atoms with van der Waals surface area (Å²) in [5.41, 5.74) is 0.818. The first-order valence-electron chi connectivity index (χ1n) is 11.5. The van der Waals surface area contributed by atoms with Crippen LogP contribution in [-0.2, 0) is 9.53 Å². The van der Waals surface area contributed by atoms with Gasteiger partial charge in [-0.25, -0.2) is 14.8 Å². The summed E-state index contributed by atoms with van der Waals surface area (Å²) in [7, 11) is 0. The molecule has 10 heteroatoms. The minimum absolute atomic E-state index is 0.0877. The molecule has 2 heterocycles. The number of ether oxygens (including phenoxy) is 1. The SMILES string of the molecule is CCCCOC(=O)N1CCN(C(=O)[C@H](CC)NC(=O)c2cc(Cl)nc(-c3ccccc3)n2)CC1. The van der Waals surface area contributed by atoms with Crippen molar-refractivity contribution < 1.29 is 19.1 Å². The van der Waals surface area contributed by atoms with Gasteiger partial charge in [-0.1, -0.05) is 62.2 Å². The molecular weight excluding hydrogens is 458 g/mol. The predicted octanol–water partition coefficient (Wildman–Crippen LogP) is 3.39. The molecule has 1 atom stereocenters. The van der Waals surface area contributed by atoms with E-state index in [1.807, 2.05) is 44.2 Å². The lowest BCUT2D eigenvalue weighted by Gasteiger charge is -2.35. The highest BCUT2D eigenvalue weighted by Gasteiger charge is 2.30. The van der Waals surface area contributed by atoms with Gasteiger partial charge in [0.25, 0.3) is 5.91 Å². The molecule has 0 bridgehead atoms. The summed E-state index contributed by atoms with van der Waals surface area (Å²) in [5.74, 6) is -0.363. The molecule has 9 nitrogen and oxygen atoms in total. The average Bonchev–Trinajstić information content (AvgIpc) is 2.87. The third kappa shape index (κ3) is 6.66. The molecule has 0 saturated carbocycles. The monoisotopic (exact) mass is 487 g/mol. The average molecular weight is 488 g/mol. The summed E-state index contributed by atoms with van der Waals surface area (Å²) in [6.45, 7) is 5.80. The van der Waals surface area contributed by atoms with Crippen molar-refractivity contribution in [1.29, 1.82) is 0 Å². The molecule has 1 N–H and O–H groups in total. The fourth-order valence-electron chi connectivity index (χ4n) is 3.55. The molecule has 0 radical (unpaired) electrons. The summed E-state index contributed by atoms with van der Waals surface area (Å²) in [5, 5.41) is 2.91. The summed E-state index contributed by atoms with van der Waals surface area (Å²) in [4.78, 5) is 49.9. The van der Waals surface area contributed by atoms with E-state index >= 15 is 0 Å². The highest BCUT2D eigenvalue weighted by molar-refractivity contribution is 6.29. The van der Waals surface area contributed by atoms with Crippen molar-refractivity contribution in [2.24, 2.45) is 0 Å². The molecule has 2 aromatic rings. The molecule has 0 aliphatic carbocycles. The van der Waals surface area contributed by atoms with Crippen molar-refractivity contribution in [2.75, 3.05) is 32.8 Å². The van der Waals surface area contributed by atoms with Gasteiger partial charge >= 0.3 is 6.09 Å². The molecule has 182 valence electrons.